The van der Waals surface area contributed by atoms with E-state index >= 15 is 0 Å². The van der Waals surface area contributed by atoms with Gasteiger partial charge in [-0.3, -0.25) is 0 Å². The van der Waals surface area contributed by atoms with E-state index < -0.39 is 0 Å². The molecule has 0 aliphatic carbocycles. The van der Waals surface area contributed by atoms with E-state index in [1.165, 1.54) is 0 Å². The van der Waals surface area contributed by atoms with Crippen molar-refractivity contribution < 1.29 is 14.3 Å². The zero-order chi connectivity index (χ0) is 10.3. The number of carbonyl (C=O) groups is 1. The van der Waals surface area contributed by atoms with E-state index in [0.29, 0.717) is 18.8 Å². The van der Waals surface area contributed by atoms with Crippen molar-refractivity contribution in [3.05, 3.63) is 29.8 Å². The summed E-state index contributed by atoms with van der Waals surface area (Å²) in [5, 5.41) is 0. The number of hydrogen-bond donors (Lipinski definition) is 0. The number of para-hydroxylation sites is 1. The molecule has 2 aliphatic rings. The topological polar surface area (TPSA) is 38.8 Å². The second kappa shape index (κ2) is 3.24. The highest BCUT2D eigenvalue weighted by Gasteiger charge is 2.34. The minimum atomic E-state index is -0.252. The van der Waals surface area contributed by atoms with Gasteiger partial charge in [0.15, 0.2) is 6.23 Å². The standard InChI is InChI=1S/C11H11NO3/c13-11-8-3-1-2-4-9(8)12-5-6-14-7-10(12)15-11/h1-4,10H,5-7H2. The smallest absolute Gasteiger partial charge is 0.342 e. The molecular weight excluding hydrogens is 194 g/mol. The van der Waals surface area contributed by atoms with E-state index in [1.807, 2.05) is 18.2 Å². The Kier molecular flexibility index (Phi) is 1.89. The van der Waals surface area contributed by atoms with Gasteiger partial charge in [0.1, 0.15) is 6.61 Å². The molecule has 1 aromatic carbocycles. The molecule has 1 atom stereocenters. The van der Waals surface area contributed by atoms with Gasteiger partial charge in [0.25, 0.3) is 0 Å². The second-order valence-electron chi connectivity index (χ2n) is 3.65. The first-order valence-corrected chi connectivity index (χ1v) is 5.00. The highest BCUT2D eigenvalue weighted by Crippen LogP contribution is 2.30. The molecule has 2 heterocycles. The summed E-state index contributed by atoms with van der Waals surface area (Å²) < 4.78 is 10.6. The predicted octanol–water partition coefficient (Wildman–Crippen LogP) is 1.02. The molecule has 0 radical (unpaired) electrons. The first-order chi connectivity index (χ1) is 7.36. The normalized spacial score (nSPS) is 24.1. The van der Waals surface area contributed by atoms with Crippen LogP contribution in [-0.4, -0.2) is 32.0 Å². The minimum absolute atomic E-state index is 0.249. The zero-order valence-electron chi connectivity index (χ0n) is 8.18. The molecule has 15 heavy (non-hydrogen) atoms. The van der Waals surface area contributed by atoms with Crippen LogP contribution in [0.3, 0.4) is 0 Å². The van der Waals surface area contributed by atoms with Gasteiger partial charge in [0.2, 0.25) is 0 Å². The molecule has 1 unspecified atom stereocenters. The van der Waals surface area contributed by atoms with Crippen LogP contribution in [0.25, 0.3) is 0 Å². The van der Waals surface area contributed by atoms with Crippen molar-refractivity contribution >= 4 is 11.7 Å². The van der Waals surface area contributed by atoms with Crippen LogP contribution in [0.15, 0.2) is 24.3 Å². The van der Waals surface area contributed by atoms with Crippen LogP contribution < -0.4 is 4.90 Å². The second-order valence-corrected chi connectivity index (χ2v) is 3.65. The third-order valence-corrected chi connectivity index (χ3v) is 2.76. The summed E-state index contributed by atoms with van der Waals surface area (Å²) in [6.45, 7) is 1.91. The number of morpholine rings is 1. The lowest BCUT2D eigenvalue weighted by atomic mass is 10.1. The summed E-state index contributed by atoms with van der Waals surface area (Å²) in [7, 11) is 0. The Bertz CT molecular complexity index is 405. The Morgan fingerprint density at radius 3 is 3.13 bits per heavy atom. The summed E-state index contributed by atoms with van der Waals surface area (Å²) in [5.41, 5.74) is 1.61. The molecular formula is C11H11NO3. The fourth-order valence-corrected chi connectivity index (χ4v) is 2.04. The van der Waals surface area contributed by atoms with Gasteiger partial charge in [-0.2, -0.15) is 0 Å². The quantitative estimate of drug-likeness (QED) is 0.593. The monoisotopic (exact) mass is 205 g/mol. The van der Waals surface area contributed by atoms with Gasteiger partial charge in [-0.05, 0) is 12.1 Å². The molecule has 0 bridgehead atoms. The van der Waals surface area contributed by atoms with E-state index in [9.17, 15) is 4.79 Å². The van der Waals surface area contributed by atoms with Crippen LogP contribution in [0.1, 0.15) is 10.4 Å². The molecule has 0 N–H and O–H groups in total. The Balaban J connectivity index is 2.07. The van der Waals surface area contributed by atoms with Gasteiger partial charge < -0.3 is 14.4 Å². The molecule has 4 heteroatoms. The van der Waals surface area contributed by atoms with Crippen LogP contribution in [0.5, 0.6) is 0 Å². The van der Waals surface area contributed by atoms with Crippen molar-refractivity contribution in [3.8, 4) is 0 Å². The van der Waals surface area contributed by atoms with Gasteiger partial charge in [-0.1, -0.05) is 12.1 Å². The summed E-state index contributed by atoms with van der Waals surface area (Å²) in [6.07, 6.45) is -0.249. The number of benzene rings is 1. The molecule has 0 saturated carbocycles. The van der Waals surface area contributed by atoms with Crippen LogP contribution >= 0.6 is 0 Å². The van der Waals surface area contributed by atoms with Crippen molar-refractivity contribution in [1.82, 2.24) is 0 Å². The van der Waals surface area contributed by atoms with E-state index in [-0.39, 0.29) is 12.2 Å². The number of esters is 1. The molecule has 3 rings (SSSR count). The lowest BCUT2D eigenvalue weighted by Gasteiger charge is -2.40. The zero-order valence-corrected chi connectivity index (χ0v) is 8.18. The average molecular weight is 205 g/mol. The van der Waals surface area contributed by atoms with Crippen LogP contribution in [0.4, 0.5) is 5.69 Å². The first-order valence-electron chi connectivity index (χ1n) is 5.00. The van der Waals surface area contributed by atoms with Crippen molar-refractivity contribution in [3.63, 3.8) is 0 Å². The lowest BCUT2D eigenvalue weighted by molar-refractivity contribution is -0.0270. The summed E-state index contributed by atoms with van der Waals surface area (Å²) in [4.78, 5) is 13.7. The summed E-state index contributed by atoms with van der Waals surface area (Å²) in [6, 6.07) is 7.53. The SMILES string of the molecule is O=C1OC2COCCN2c2ccccc21. The number of carbonyl (C=O) groups excluding carboxylic acids is 1. The maximum absolute atomic E-state index is 11.6. The Morgan fingerprint density at radius 1 is 1.33 bits per heavy atom. The number of rotatable bonds is 0. The summed E-state index contributed by atoms with van der Waals surface area (Å²) in [5.74, 6) is -0.252. The summed E-state index contributed by atoms with van der Waals surface area (Å²) >= 11 is 0. The fourth-order valence-electron chi connectivity index (χ4n) is 2.04. The van der Waals surface area contributed by atoms with Crippen molar-refractivity contribution in [2.24, 2.45) is 0 Å². The van der Waals surface area contributed by atoms with Crippen molar-refractivity contribution in [2.45, 2.75) is 6.23 Å². The van der Waals surface area contributed by atoms with Gasteiger partial charge >= 0.3 is 5.97 Å². The van der Waals surface area contributed by atoms with E-state index in [1.54, 1.807) is 6.07 Å². The molecule has 78 valence electrons. The van der Waals surface area contributed by atoms with Gasteiger partial charge in [-0.15, -0.1) is 0 Å². The minimum Gasteiger partial charge on any atom is -0.435 e. The fraction of sp³-hybridized carbons (Fsp3) is 0.364. The molecule has 0 amide bonds. The highest BCUT2D eigenvalue weighted by atomic mass is 16.6. The molecule has 1 saturated heterocycles. The lowest BCUT2D eigenvalue weighted by Crippen LogP contribution is -2.51. The molecule has 2 aliphatic heterocycles. The van der Waals surface area contributed by atoms with Gasteiger partial charge in [-0.25, -0.2) is 4.79 Å². The van der Waals surface area contributed by atoms with Gasteiger partial charge in [0, 0.05) is 6.54 Å². The third-order valence-electron chi connectivity index (χ3n) is 2.76. The number of anilines is 1. The number of hydrogen-bond acceptors (Lipinski definition) is 4. The van der Waals surface area contributed by atoms with Crippen molar-refractivity contribution in [2.75, 3.05) is 24.7 Å². The number of nitrogens with zero attached hydrogens (tertiary/aromatic N) is 1. The molecule has 0 spiro atoms. The van der Waals surface area contributed by atoms with E-state index in [4.69, 9.17) is 9.47 Å². The first kappa shape index (κ1) is 8.73. The van der Waals surface area contributed by atoms with Crippen LogP contribution in [-0.2, 0) is 9.47 Å². The maximum atomic E-state index is 11.6. The third kappa shape index (κ3) is 1.29. The number of fused-ring (bicyclic) bond motifs is 3. The molecule has 1 fully saturated rings. The highest BCUT2D eigenvalue weighted by molar-refractivity contribution is 5.97. The molecule has 4 nitrogen and oxygen atoms in total. The van der Waals surface area contributed by atoms with Crippen LogP contribution in [0.2, 0.25) is 0 Å². The predicted molar refractivity (Wildman–Crippen MR) is 53.8 cm³/mol. The Morgan fingerprint density at radius 2 is 2.20 bits per heavy atom. The van der Waals surface area contributed by atoms with E-state index in [2.05, 4.69) is 4.90 Å². The average Bonchev–Trinajstić information content (AvgIpc) is 2.30. The molecule has 0 aromatic heterocycles. The molecule has 1 aromatic rings. The van der Waals surface area contributed by atoms with Crippen LogP contribution in [0, 0.1) is 0 Å². The Hall–Kier alpha value is -1.55. The Labute approximate surface area is 87.4 Å². The largest absolute Gasteiger partial charge is 0.435 e. The van der Waals surface area contributed by atoms with Crippen molar-refractivity contribution in [1.29, 1.82) is 0 Å². The van der Waals surface area contributed by atoms with E-state index in [0.717, 1.165) is 12.2 Å². The van der Waals surface area contributed by atoms with Gasteiger partial charge in [0.05, 0.1) is 17.9 Å². The number of ether oxygens (including phenoxy) is 2. The maximum Gasteiger partial charge on any atom is 0.342 e.